The highest BCUT2D eigenvalue weighted by molar-refractivity contribution is 4.89. The van der Waals surface area contributed by atoms with Crippen LogP contribution in [0.2, 0.25) is 0 Å². The van der Waals surface area contributed by atoms with Crippen LogP contribution < -0.4 is 0 Å². The van der Waals surface area contributed by atoms with Crippen LogP contribution in [-0.2, 0) is 11.3 Å². The van der Waals surface area contributed by atoms with Gasteiger partial charge in [0.25, 0.3) is 0 Å². The van der Waals surface area contributed by atoms with E-state index in [0.29, 0.717) is 13.2 Å². The molecule has 1 aromatic rings. The first-order valence-electron chi connectivity index (χ1n) is 4.40. The van der Waals surface area contributed by atoms with Gasteiger partial charge in [-0.25, -0.2) is 4.98 Å². The number of nitrogens with zero attached hydrogens (tertiary/aromatic N) is 2. The molecule has 0 fully saturated rings. The van der Waals surface area contributed by atoms with Gasteiger partial charge >= 0.3 is 0 Å². The summed E-state index contributed by atoms with van der Waals surface area (Å²) < 4.78 is 7.44. The van der Waals surface area contributed by atoms with E-state index >= 15 is 0 Å². The highest BCUT2D eigenvalue weighted by atomic mass is 16.5. The molecule has 0 saturated heterocycles. The minimum atomic E-state index is 0.647. The lowest BCUT2D eigenvalue weighted by molar-refractivity contribution is 0.147. The summed E-state index contributed by atoms with van der Waals surface area (Å²) in [5.41, 5.74) is 1.06. The minimum absolute atomic E-state index is 0.647. The van der Waals surface area contributed by atoms with Crippen molar-refractivity contribution in [3.05, 3.63) is 30.4 Å². The van der Waals surface area contributed by atoms with Crippen molar-refractivity contribution in [2.24, 2.45) is 0 Å². The van der Waals surface area contributed by atoms with Crippen LogP contribution in [0.15, 0.2) is 24.5 Å². The van der Waals surface area contributed by atoms with E-state index in [-0.39, 0.29) is 0 Å². The molecule has 3 heteroatoms. The molecule has 1 heterocycles. The monoisotopic (exact) mass is 180 g/mol. The molecule has 13 heavy (non-hydrogen) atoms. The number of aromatic nitrogens is 2. The maximum atomic E-state index is 5.38. The topological polar surface area (TPSA) is 27.1 Å². The molecule has 1 rings (SSSR count). The lowest BCUT2D eigenvalue weighted by atomic mass is 10.4. The Morgan fingerprint density at radius 1 is 1.69 bits per heavy atom. The largest absolute Gasteiger partial charge is 0.375 e. The summed E-state index contributed by atoms with van der Waals surface area (Å²) in [4.78, 5) is 4.12. The Hall–Kier alpha value is -1.09. The summed E-state index contributed by atoms with van der Waals surface area (Å²) in [7, 11) is 0. The van der Waals surface area contributed by atoms with Crippen molar-refractivity contribution >= 4 is 0 Å². The Bertz CT molecular complexity index is 278. The quantitative estimate of drug-likeness (QED) is 0.510. The van der Waals surface area contributed by atoms with Gasteiger partial charge in [-0.1, -0.05) is 12.2 Å². The molecule has 3 nitrogen and oxygen atoms in total. The average molecular weight is 180 g/mol. The van der Waals surface area contributed by atoms with Crippen LogP contribution in [0.3, 0.4) is 0 Å². The van der Waals surface area contributed by atoms with Gasteiger partial charge in [0.2, 0.25) is 0 Å². The Labute approximate surface area is 79.0 Å². The van der Waals surface area contributed by atoms with Crippen molar-refractivity contribution in [1.29, 1.82) is 0 Å². The third-order valence-corrected chi connectivity index (χ3v) is 1.75. The second kappa shape index (κ2) is 4.82. The van der Waals surface area contributed by atoms with E-state index in [4.69, 9.17) is 4.74 Å². The van der Waals surface area contributed by atoms with Crippen molar-refractivity contribution < 1.29 is 4.74 Å². The van der Waals surface area contributed by atoms with Crippen LogP contribution in [0.1, 0.15) is 12.7 Å². The van der Waals surface area contributed by atoms with Crippen LogP contribution in [0.4, 0.5) is 0 Å². The van der Waals surface area contributed by atoms with E-state index < -0.39 is 0 Å². The van der Waals surface area contributed by atoms with E-state index in [1.54, 1.807) is 6.20 Å². The summed E-state index contributed by atoms with van der Waals surface area (Å²) in [6.45, 7) is 9.93. The Morgan fingerprint density at radius 2 is 2.46 bits per heavy atom. The van der Waals surface area contributed by atoms with E-state index in [2.05, 4.69) is 16.1 Å². The van der Waals surface area contributed by atoms with Crippen molar-refractivity contribution in [3.8, 4) is 0 Å². The number of imidazole rings is 1. The predicted octanol–water partition coefficient (Wildman–Crippen LogP) is 1.78. The number of rotatable bonds is 5. The van der Waals surface area contributed by atoms with Gasteiger partial charge in [0.05, 0.1) is 13.2 Å². The van der Waals surface area contributed by atoms with Gasteiger partial charge in [0.1, 0.15) is 5.82 Å². The van der Waals surface area contributed by atoms with Gasteiger partial charge in [-0.2, -0.15) is 0 Å². The zero-order valence-corrected chi connectivity index (χ0v) is 8.29. The van der Waals surface area contributed by atoms with Gasteiger partial charge in [0, 0.05) is 18.9 Å². The van der Waals surface area contributed by atoms with Crippen molar-refractivity contribution in [3.63, 3.8) is 0 Å². The summed E-state index contributed by atoms with van der Waals surface area (Å²) in [5.74, 6) is 1.03. The van der Waals surface area contributed by atoms with Gasteiger partial charge in [0.15, 0.2) is 0 Å². The third-order valence-electron chi connectivity index (χ3n) is 1.75. The van der Waals surface area contributed by atoms with Crippen molar-refractivity contribution in [2.45, 2.75) is 20.4 Å². The van der Waals surface area contributed by atoms with E-state index in [1.807, 2.05) is 20.0 Å². The van der Waals surface area contributed by atoms with Crippen molar-refractivity contribution in [2.75, 3.05) is 13.2 Å². The summed E-state index contributed by atoms with van der Waals surface area (Å²) in [6.07, 6.45) is 3.76. The fraction of sp³-hybridized carbons (Fsp3) is 0.500. The Morgan fingerprint density at radius 3 is 3.00 bits per heavy atom. The molecular formula is C10H16N2O. The molecular weight excluding hydrogens is 164 g/mol. The van der Waals surface area contributed by atoms with E-state index in [9.17, 15) is 0 Å². The first kappa shape index (κ1) is 9.99. The summed E-state index contributed by atoms with van der Waals surface area (Å²) >= 11 is 0. The molecule has 0 N–H and O–H groups in total. The molecule has 0 spiro atoms. The zero-order valence-electron chi connectivity index (χ0n) is 8.29. The molecule has 0 aromatic carbocycles. The molecule has 0 radical (unpaired) electrons. The van der Waals surface area contributed by atoms with Crippen LogP contribution in [0.25, 0.3) is 0 Å². The second-order valence-corrected chi connectivity index (χ2v) is 3.18. The van der Waals surface area contributed by atoms with Crippen LogP contribution in [-0.4, -0.2) is 22.8 Å². The zero-order chi connectivity index (χ0) is 9.68. The fourth-order valence-corrected chi connectivity index (χ4v) is 1.05. The maximum absolute atomic E-state index is 5.38. The van der Waals surface area contributed by atoms with Gasteiger partial charge in [-0.15, -0.1) is 0 Å². The summed E-state index contributed by atoms with van der Waals surface area (Å²) in [6, 6.07) is 0. The molecule has 0 saturated carbocycles. The average Bonchev–Trinajstić information content (AvgIpc) is 2.45. The molecule has 0 aliphatic rings. The number of hydrogen-bond donors (Lipinski definition) is 0. The predicted molar refractivity (Wildman–Crippen MR) is 52.6 cm³/mol. The van der Waals surface area contributed by atoms with Crippen molar-refractivity contribution in [1.82, 2.24) is 9.55 Å². The van der Waals surface area contributed by atoms with Crippen LogP contribution in [0, 0.1) is 6.92 Å². The van der Waals surface area contributed by atoms with E-state index in [1.165, 1.54) is 0 Å². The van der Waals surface area contributed by atoms with Gasteiger partial charge in [-0.3, -0.25) is 0 Å². The molecule has 0 amide bonds. The standard InChI is InChI=1S/C10H16N2O/c1-9(2)8-13-7-6-12-5-4-11-10(12)3/h4-5H,1,6-8H2,2-3H3. The second-order valence-electron chi connectivity index (χ2n) is 3.18. The molecule has 0 bridgehead atoms. The smallest absolute Gasteiger partial charge is 0.105 e. The highest BCUT2D eigenvalue weighted by Crippen LogP contribution is 1.95. The Balaban J connectivity index is 2.20. The molecule has 72 valence electrons. The lowest BCUT2D eigenvalue weighted by Crippen LogP contribution is -2.07. The normalized spacial score (nSPS) is 10.3. The number of aryl methyl sites for hydroxylation is 1. The molecule has 1 aromatic heterocycles. The molecule has 0 unspecified atom stereocenters. The van der Waals surface area contributed by atoms with Gasteiger partial charge < -0.3 is 9.30 Å². The van der Waals surface area contributed by atoms with Crippen LogP contribution in [0.5, 0.6) is 0 Å². The highest BCUT2D eigenvalue weighted by Gasteiger charge is 1.95. The maximum Gasteiger partial charge on any atom is 0.105 e. The lowest BCUT2D eigenvalue weighted by Gasteiger charge is -2.05. The van der Waals surface area contributed by atoms with Gasteiger partial charge in [-0.05, 0) is 13.8 Å². The third kappa shape index (κ3) is 3.42. The number of hydrogen-bond acceptors (Lipinski definition) is 2. The first-order chi connectivity index (χ1) is 6.20. The first-order valence-corrected chi connectivity index (χ1v) is 4.40. The Kier molecular flexibility index (Phi) is 3.71. The molecule has 0 aliphatic carbocycles. The molecule has 0 atom stereocenters. The SMILES string of the molecule is C=C(C)COCCn1ccnc1C. The van der Waals surface area contributed by atoms with E-state index in [0.717, 1.165) is 17.9 Å². The fourth-order valence-electron chi connectivity index (χ4n) is 1.05. The summed E-state index contributed by atoms with van der Waals surface area (Å²) in [5, 5.41) is 0. The number of ether oxygens (including phenoxy) is 1. The van der Waals surface area contributed by atoms with Crippen LogP contribution >= 0.6 is 0 Å². The minimum Gasteiger partial charge on any atom is -0.375 e. The molecule has 0 aliphatic heterocycles.